The van der Waals surface area contributed by atoms with Gasteiger partial charge in [-0.05, 0) is 25.1 Å². The number of fused-ring (bicyclic) bond motifs is 3. The molecule has 1 aliphatic heterocycles. The van der Waals surface area contributed by atoms with E-state index in [2.05, 4.69) is 16.4 Å². The van der Waals surface area contributed by atoms with E-state index in [0.29, 0.717) is 28.6 Å². The Morgan fingerprint density at radius 2 is 2.19 bits per heavy atom. The number of anilines is 2. The molecule has 1 aromatic carbocycles. The number of nitrogens with zero attached hydrogens (tertiary/aromatic N) is 3. The molecule has 0 aliphatic carbocycles. The Hall–Kier alpha value is -2.58. The number of aromatic nitrogens is 1. The van der Waals surface area contributed by atoms with Crippen LogP contribution in [-0.2, 0) is 0 Å². The number of nitrogens with one attached hydrogen (secondary N) is 1. The maximum atomic E-state index is 12.3. The zero-order chi connectivity index (χ0) is 15.0. The average molecular weight is 299 g/mol. The van der Waals surface area contributed by atoms with E-state index in [1.165, 1.54) is 11.1 Å². The molecule has 0 atom stereocenters. The fourth-order valence-electron chi connectivity index (χ4n) is 2.37. The molecule has 1 N–H and O–H groups in total. The summed E-state index contributed by atoms with van der Waals surface area (Å²) in [5, 5.41) is 12.3. The van der Waals surface area contributed by atoms with E-state index in [4.69, 9.17) is 16.9 Å². The highest BCUT2D eigenvalue weighted by atomic mass is 35.5. The summed E-state index contributed by atoms with van der Waals surface area (Å²) in [5.74, 6) is 0.558. The molecule has 0 fully saturated rings. The lowest BCUT2D eigenvalue weighted by Crippen LogP contribution is -2.34. The highest BCUT2D eigenvalue weighted by Gasteiger charge is 2.26. The minimum Gasteiger partial charge on any atom is -0.307 e. The van der Waals surface area contributed by atoms with E-state index in [1.54, 1.807) is 24.3 Å². The third kappa shape index (κ3) is 2.20. The predicted octanol–water partition coefficient (Wildman–Crippen LogP) is 3.65. The first-order valence-electron chi connectivity index (χ1n) is 6.42. The highest BCUT2D eigenvalue weighted by molar-refractivity contribution is 6.31. The summed E-state index contributed by atoms with van der Waals surface area (Å²) in [5.41, 5.74) is 2.63. The van der Waals surface area contributed by atoms with Gasteiger partial charge in [-0.1, -0.05) is 17.7 Å². The van der Waals surface area contributed by atoms with Crippen molar-refractivity contribution in [1.82, 2.24) is 4.98 Å². The van der Waals surface area contributed by atoms with Gasteiger partial charge in [0, 0.05) is 23.9 Å². The molecule has 0 saturated heterocycles. The Morgan fingerprint density at radius 1 is 1.38 bits per heavy atom. The van der Waals surface area contributed by atoms with Gasteiger partial charge in [0.2, 0.25) is 0 Å². The molecule has 2 aromatic rings. The van der Waals surface area contributed by atoms with Crippen molar-refractivity contribution < 1.29 is 4.79 Å². The fraction of sp³-hybridized carbons (Fsp3) is 0.133. The van der Waals surface area contributed by atoms with Crippen LogP contribution in [-0.4, -0.2) is 17.6 Å². The van der Waals surface area contributed by atoms with Crippen molar-refractivity contribution in [1.29, 1.82) is 5.26 Å². The molecular formula is C15H11ClN4O. The highest BCUT2D eigenvalue weighted by Crippen LogP contribution is 2.39. The lowest BCUT2D eigenvalue weighted by Gasteiger charge is -2.19. The minimum atomic E-state index is -0.276. The topological polar surface area (TPSA) is 69.0 Å². The largest absolute Gasteiger partial charge is 0.327 e. The van der Waals surface area contributed by atoms with E-state index >= 15 is 0 Å². The summed E-state index contributed by atoms with van der Waals surface area (Å²) in [4.78, 5) is 18.1. The summed E-state index contributed by atoms with van der Waals surface area (Å²) in [7, 11) is 0. The lowest BCUT2D eigenvalue weighted by molar-refractivity contribution is 0.257. The van der Waals surface area contributed by atoms with Gasteiger partial charge < -0.3 is 5.32 Å². The Bertz CT molecular complexity index is 782. The molecule has 104 valence electrons. The Labute approximate surface area is 126 Å². The molecule has 0 bridgehead atoms. The Kier molecular flexibility index (Phi) is 3.24. The molecule has 6 heteroatoms. The van der Waals surface area contributed by atoms with E-state index < -0.39 is 0 Å². The van der Waals surface area contributed by atoms with Crippen molar-refractivity contribution >= 4 is 29.1 Å². The summed E-state index contributed by atoms with van der Waals surface area (Å²) in [6, 6.07) is 8.72. The number of nitriles is 1. The number of carbonyl (C=O) groups excluding carboxylic acids is 1. The quantitative estimate of drug-likeness (QED) is 0.873. The van der Waals surface area contributed by atoms with Crippen LogP contribution in [0.1, 0.15) is 12.5 Å². The number of pyridine rings is 1. The number of urea groups is 1. The molecule has 1 aromatic heterocycles. The standard InChI is InChI=1S/C15H11ClN4O/c1-2-20-14-12(6-10(16)8-18-14)11-4-3-9(7-17)5-13(11)19-15(20)21/h3-6,8H,2H2,1H3,(H,19,21). The first-order valence-corrected chi connectivity index (χ1v) is 6.80. The molecule has 0 unspecified atom stereocenters. The van der Waals surface area contributed by atoms with Crippen LogP contribution in [0.4, 0.5) is 16.3 Å². The SMILES string of the molecule is CCN1C(=O)Nc2cc(C#N)ccc2-c2cc(Cl)cnc21. The zero-order valence-corrected chi connectivity index (χ0v) is 12.0. The minimum absolute atomic E-state index is 0.276. The number of amides is 2. The Balaban J connectivity index is 2.31. The van der Waals surface area contributed by atoms with Crippen molar-refractivity contribution in [2.45, 2.75) is 6.92 Å². The fourth-order valence-corrected chi connectivity index (χ4v) is 2.53. The van der Waals surface area contributed by atoms with Gasteiger partial charge in [0.25, 0.3) is 0 Å². The first kappa shape index (κ1) is 13.4. The number of benzene rings is 1. The molecule has 3 rings (SSSR count). The van der Waals surface area contributed by atoms with Crippen LogP contribution < -0.4 is 10.2 Å². The molecule has 21 heavy (non-hydrogen) atoms. The normalized spacial score (nSPS) is 12.8. The predicted molar refractivity (Wildman–Crippen MR) is 81.4 cm³/mol. The second kappa shape index (κ2) is 5.08. The smallest absolute Gasteiger partial charge is 0.307 e. The molecule has 2 amide bonds. The van der Waals surface area contributed by atoms with E-state index in [1.807, 2.05) is 6.92 Å². The van der Waals surface area contributed by atoms with Crippen LogP contribution in [0.5, 0.6) is 0 Å². The third-order valence-electron chi connectivity index (χ3n) is 3.33. The summed E-state index contributed by atoms with van der Waals surface area (Å²) in [6.45, 7) is 2.35. The first-order chi connectivity index (χ1) is 10.1. The van der Waals surface area contributed by atoms with Gasteiger partial charge in [0.1, 0.15) is 5.82 Å². The Morgan fingerprint density at radius 3 is 2.90 bits per heavy atom. The van der Waals surface area contributed by atoms with Gasteiger partial charge in [-0.3, -0.25) is 4.90 Å². The number of hydrogen-bond donors (Lipinski definition) is 1. The molecule has 2 heterocycles. The number of carbonyl (C=O) groups is 1. The molecular weight excluding hydrogens is 288 g/mol. The maximum absolute atomic E-state index is 12.3. The second-order valence-corrected chi connectivity index (χ2v) is 5.01. The van der Waals surface area contributed by atoms with Crippen molar-refractivity contribution in [3.8, 4) is 17.2 Å². The van der Waals surface area contributed by atoms with Gasteiger partial charge in [-0.25, -0.2) is 9.78 Å². The van der Waals surface area contributed by atoms with Crippen molar-refractivity contribution in [3.63, 3.8) is 0 Å². The number of halogens is 1. The molecule has 5 nitrogen and oxygen atoms in total. The van der Waals surface area contributed by atoms with Crippen LogP contribution in [0.15, 0.2) is 30.5 Å². The van der Waals surface area contributed by atoms with Crippen LogP contribution in [0.25, 0.3) is 11.1 Å². The van der Waals surface area contributed by atoms with E-state index in [9.17, 15) is 4.79 Å². The third-order valence-corrected chi connectivity index (χ3v) is 3.54. The van der Waals surface area contributed by atoms with Gasteiger partial charge >= 0.3 is 6.03 Å². The molecule has 0 saturated carbocycles. The van der Waals surface area contributed by atoms with Crippen molar-refractivity contribution in [2.75, 3.05) is 16.8 Å². The molecule has 0 radical (unpaired) electrons. The summed E-state index contributed by atoms with van der Waals surface area (Å²) < 4.78 is 0. The zero-order valence-electron chi connectivity index (χ0n) is 11.2. The maximum Gasteiger partial charge on any atom is 0.327 e. The van der Waals surface area contributed by atoms with Crippen LogP contribution in [0.3, 0.4) is 0 Å². The van der Waals surface area contributed by atoms with Gasteiger partial charge in [-0.2, -0.15) is 5.26 Å². The van der Waals surface area contributed by atoms with Gasteiger partial charge in [0.15, 0.2) is 0 Å². The number of hydrogen-bond acceptors (Lipinski definition) is 3. The van der Waals surface area contributed by atoms with Crippen LogP contribution in [0, 0.1) is 11.3 Å². The monoisotopic (exact) mass is 298 g/mol. The van der Waals surface area contributed by atoms with Crippen molar-refractivity contribution in [2.24, 2.45) is 0 Å². The van der Waals surface area contributed by atoms with Gasteiger partial charge in [0.05, 0.1) is 22.3 Å². The molecule has 0 spiro atoms. The average Bonchev–Trinajstić information content (AvgIpc) is 2.60. The van der Waals surface area contributed by atoms with Crippen molar-refractivity contribution in [3.05, 3.63) is 41.0 Å². The van der Waals surface area contributed by atoms with Crippen LogP contribution >= 0.6 is 11.6 Å². The molecule has 1 aliphatic rings. The lowest BCUT2D eigenvalue weighted by atomic mass is 10.0. The number of rotatable bonds is 1. The van der Waals surface area contributed by atoms with E-state index in [-0.39, 0.29) is 6.03 Å². The van der Waals surface area contributed by atoms with Crippen LogP contribution in [0.2, 0.25) is 5.02 Å². The summed E-state index contributed by atoms with van der Waals surface area (Å²) >= 11 is 6.04. The van der Waals surface area contributed by atoms with Gasteiger partial charge in [-0.15, -0.1) is 0 Å². The van der Waals surface area contributed by atoms with E-state index in [0.717, 1.165) is 11.1 Å². The summed E-state index contributed by atoms with van der Waals surface area (Å²) in [6.07, 6.45) is 1.52. The second-order valence-electron chi connectivity index (χ2n) is 4.57.